The van der Waals surface area contributed by atoms with Crippen LogP contribution < -0.4 is 5.32 Å². The minimum absolute atomic E-state index is 0.0832. The second-order valence-electron chi connectivity index (χ2n) is 4.38. The first-order valence-corrected chi connectivity index (χ1v) is 6.23. The van der Waals surface area contributed by atoms with Gasteiger partial charge in [0.05, 0.1) is 4.92 Å². The molecule has 0 aliphatic carbocycles. The standard InChI is InChI=1S/C15H11N3O4/c1-10-2-7-14(22-10)8-11(9-16)15(19)17-12-3-5-13(6-4-12)18(20)21/h2-8H,1H3,(H,17,19)/b11-8+. The molecule has 0 fully saturated rings. The highest BCUT2D eigenvalue weighted by Crippen LogP contribution is 2.17. The average Bonchev–Trinajstić information content (AvgIpc) is 2.90. The van der Waals surface area contributed by atoms with Gasteiger partial charge < -0.3 is 9.73 Å². The number of amides is 1. The Kier molecular flexibility index (Phi) is 4.34. The molecule has 0 atom stereocenters. The summed E-state index contributed by atoms with van der Waals surface area (Å²) >= 11 is 0. The minimum Gasteiger partial charge on any atom is -0.462 e. The van der Waals surface area contributed by atoms with Crippen molar-refractivity contribution in [1.82, 2.24) is 0 Å². The van der Waals surface area contributed by atoms with E-state index in [4.69, 9.17) is 9.68 Å². The van der Waals surface area contributed by atoms with E-state index < -0.39 is 10.8 Å². The molecule has 1 amide bonds. The molecule has 2 rings (SSSR count). The summed E-state index contributed by atoms with van der Waals surface area (Å²) in [5, 5.41) is 22.1. The summed E-state index contributed by atoms with van der Waals surface area (Å²) in [4.78, 5) is 22.0. The van der Waals surface area contributed by atoms with Crippen LogP contribution >= 0.6 is 0 Å². The number of carbonyl (C=O) groups is 1. The zero-order chi connectivity index (χ0) is 16.1. The number of hydrogen-bond donors (Lipinski definition) is 1. The van der Waals surface area contributed by atoms with Gasteiger partial charge >= 0.3 is 0 Å². The van der Waals surface area contributed by atoms with E-state index in [0.29, 0.717) is 17.2 Å². The number of anilines is 1. The number of non-ortho nitro benzene ring substituents is 1. The topological polar surface area (TPSA) is 109 Å². The Morgan fingerprint density at radius 1 is 1.32 bits per heavy atom. The van der Waals surface area contributed by atoms with Crippen molar-refractivity contribution >= 4 is 23.4 Å². The lowest BCUT2D eigenvalue weighted by Crippen LogP contribution is -2.13. The first kappa shape index (κ1) is 15.0. The Morgan fingerprint density at radius 2 is 2.00 bits per heavy atom. The second-order valence-corrected chi connectivity index (χ2v) is 4.38. The SMILES string of the molecule is Cc1ccc(/C=C(\C#N)C(=O)Nc2ccc([N+](=O)[O-])cc2)o1. The molecule has 0 aliphatic heterocycles. The maximum atomic E-state index is 12.0. The number of furan rings is 1. The fourth-order valence-electron chi connectivity index (χ4n) is 1.69. The first-order valence-electron chi connectivity index (χ1n) is 6.23. The van der Waals surface area contributed by atoms with Crippen LogP contribution in [0.15, 0.2) is 46.4 Å². The van der Waals surface area contributed by atoms with Gasteiger partial charge in [-0.05, 0) is 31.2 Å². The summed E-state index contributed by atoms with van der Waals surface area (Å²) in [6, 6.07) is 10.5. The van der Waals surface area contributed by atoms with E-state index in [1.165, 1.54) is 30.3 Å². The molecule has 0 aliphatic rings. The van der Waals surface area contributed by atoms with Crippen LogP contribution in [0, 0.1) is 28.4 Å². The number of nitro benzene ring substituents is 1. The number of benzene rings is 1. The largest absolute Gasteiger partial charge is 0.462 e. The van der Waals surface area contributed by atoms with Gasteiger partial charge in [-0.3, -0.25) is 14.9 Å². The molecule has 1 heterocycles. The molecule has 0 saturated carbocycles. The number of hydrogen-bond acceptors (Lipinski definition) is 5. The molecule has 110 valence electrons. The maximum absolute atomic E-state index is 12.0. The van der Waals surface area contributed by atoms with Crippen LogP contribution in [0.3, 0.4) is 0 Å². The number of carbonyl (C=O) groups excluding carboxylic acids is 1. The number of nitro groups is 1. The fraction of sp³-hybridized carbons (Fsp3) is 0.0667. The lowest BCUT2D eigenvalue weighted by atomic mass is 10.2. The van der Waals surface area contributed by atoms with E-state index in [1.807, 2.05) is 0 Å². The van der Waals surface area contributed by atoms with Crippen molar-refractivity contribution in [2.75, 3.05) is 5.32 Å². The third kappa shape index (κ3) is 3.58. The Balaban J connectivity index is 2.14. The molecular weight excluding hydrogens is 286 g/mol. The van der Waals surface area contributed by atoms with Gasteiger partial charge in [-0.1, -0.05) is 0 Å². The lowest BCUT2D eigenvalue weighted by molar-refractivity contribution is -0.384. The van der Waals surface area contributed by atoms with Crippen LogP contribution in [-0.4, -0.2) is 10.8 Å². The van der Waals surface area contributed by atoms with Crippen molar-refractivity contribution in [3.63, 3.8) is 0 Å². The Hall–Kier alpha value is -3.40. The summed E-state index contributed by atoms with van der Waals surface area (Å²) in [6.45, 7) is 1.75. The maximum Gasteiger partial charge on any atom is 0.269 e. The highest BCUT2D eigenvalue weighted by Gasteiger charge is 2.11. The van der Waals surface area contributed by atoms with E-state index in [2.05, 4.69) is 5.32 Å². The van der Waals surface area contributed by atoms with Gasteiger partial charge in [0.15, 0.2) is 0 Å². The molecule has 1 N–H and O–H groups in total. The van der Waals surface area contributed by atoms with Gasteiger partial charge in [0.1, 0.15) is 23.2 Å². The first-order chi connectivity index (χ1) is 10.5. The summed E-state index contributed by atoms with van der Waals surface area (Å²) in [5.41, 5.74) is 0.139. The van der Waals surface area contributed by atoms with Gasteiger partial charge in [0.2, 0.25) is 0 Å². The Bertz CT molecular complexity index is 782. The van der Waals surface area contributed by atoms with Gasteiger partial charge in [0, 0.05) is 23.9 Å². The molecular formula is C15H11N3O4. The van der Waals surface area contributed by atoms with Gasteiger partial charge in [0.25, 0.3) is 11.6 Å². The third-order valence-corrected chi connectivity index (χ3v) is 2.75. The molecule has 2 aromatic rings. The van der Waals surface area contributed by atoms with Gasteiger partial charge in [-0.25, -0.2) is 0 Å². The highest BCUT2D eigenvalue weighted by atomic mass is 16.6. The zero-order valence-electron chi connectivity index (χ0n) is 11.6. The molecule has 1 aromatic carbocycles. The van der Waals surface area contributed by atoms with Crippen LogP contribution in [0.1, 0.15) is 11.5 Å². The molecule has 7 nitrogen and oxygen atoms in total. The molecule has 1 aromatic heterocycles. The summed E-state index contributed by atoms with van der Waals surface area (Å²) in [7, 11) is 0. The van der Waals surface area contributed by atoms with Crippen LogP contribution in [0.5, 0.6) is 0 Å². The Morgan fingerprint density at radius 3 is 2.50 bits per heavy atom. The summed E-state index contributed by atoms with van der Waals surface area (Å²) < 4.78 is 5.28. The van der Waals surface area contributed by atoms with Crippen molar-refractivity contribution < 1.29 is 14.1 Å². The normalized spacial score (nSPS) is 10.8. The monoisotopic (exact) mass is 297 g/mol. The minimum atomic E-state index is -0.620. The predicted molar refractivity (Wildman–Crippen MR) is 78.8 cm³/mol. The molecule has 0 unspecified atom stereocenters. The Labute approximate surface area is 125 Å². The lowest BCUT2D eigenvalue weighted by Gasteiger charge is -2.03. The number of rotatable bonds is 4. The third-order valence-electron chi connectivity index (χ3n) is 2.75. The fourth-order valence-corrected chi connectivity index (χ4v) is 1.69. The predicted octanol–water partition coefficient (Wildman–Crippen LogP) is 3.04. The molecule has 7 heteroatoms. The van der Waals surface area contributed by atoms with Crippen LogP contribution in [-0.2, 0) is 4.79 Å². The molecule has 0 saturated heterocycles. The number of nitriles is 1. The van der Waals surface area contributed by atoms with Crippen LogP contribution in [0.25, 0.3) is 6.08 Å². The molecule has 22 heavy (non-hydrogen) atoms. The summed E-state index contributed by atoms with van der Waals surface area (Å²) in [6.07, 6.45) is 1.33. The average molecular weight is 297 g/mol. The summed E-state index contributed by atoms with van der Waals surface area (Å²) in [5.74, 6) is 0.442. The molecule has 0 bridgehead atoms. The zero-order valence-corrected chi connectivity index (χ0v) is 11.6. The van der Waals surface area contributed by atoms with E-state index in [-0.39, 0.29) is 11.3 Å². The van der Waals surface area contributed by atoms with E-state index in [1.54, 1.807) is 25.1 Å². The van der Waals surface area contributed by atoms with Crippen molar-refractivity contribution in [2.45, 2.75) is 6.92 Å². The van der Waals surface area contributed by atoms with E-state index >= 15 is 0 Å². The number of nitrogens with zero attached hydrogens (tertiary/aromatic N) is 2. The second kappa shape index (κ2) is 6.37. The molecule has 0 spiro atoms. The van der Waals surface area contributed by atoms with Gasteiger partial charge in [-0.15, -0.1) is 0 Å². The van der Waals surface area contributed by atoms with Crippen LogP contribution in [0.2, 0.25) is 0 Å². The smallest absolute Gasteiger partial charge is 0.269 e. The highest BCUT2D eigenvalue weighted by molar-refractivity contribution is 6.09. The number of nitrogens with one attached hydrogen (secondary N) is 1. The number of aryl methyl sites for hydroxylation is 1. The van der Waals surface area contributed by atoms with Crippen molar-refractivity contribution in [3.05, 3.63) is 63.6 Å². The van der Waals surface area contributed by atoms with Crippen molar-refractivity contribution in [1.29, 1.82) is 5.26 Å². The quantitative estimate of drug-likeness (QED) is 0.403. The van der Waals surface area contributed by atoms with Gasteiger partial charge in [-0.2, -0.15) is 5.26 Å². The van der Waals surface area contributed by atoms with Crippen molar-refractivity contribution in [2.24, 2.45) is 0 Å². The van der Waals surface area contributed by atoms with E-state index in [9.17, 15) is 14.9 Å². The van der Waals surface area contributed by atoms with E-state index in [0.717, 1.165) is 0 Å². The molecule has 0 radical (unpaired) electrons. The van der Waals surface area contributed by atoms with Crippen molar-refractivity contribution in [3.8, 4) is 6.07 Å². The van der Waals surface area contributed by atoms with Crippen LogP contribution in [0.4, 0.5) is 11.4 Å².